The van der Waals surface area contributed by atoms with E-state index in [2.05, 4.69) is 105 Å². The lowest BCUT2D eigenvalue weighted by molar-refractivity contribution is -0.770. The van der Waals surface area contributed by atoms with Crippen LogP contribution < -0.4 is 9.25 Å². The van der Waals surface area contributed by atoms with Gasteiger partial charge in [0, 0.05) is 30.2 Å². The van der Waals surface area contributed by atoms with Gasteiger partial charge in [0.05, 0.1) is 13.1 Å². The fraction of sp³-hybridized carbons (Fsp3) is 0.417. The summed E-state index contributed by atoms with van der Waals surface area (Å²) in [6.45, 7) is 11.0. The second-order valence-electron chi connectivity index (χ2n) is 7.92. The first kappa shape index (κ1) is 19.3. The fourth-order valence-corrected chi connectivity index (χ4v) is 4.02. The topological polar surface area (TPSA) is 12.7 Å². The van der Waals surface area contributed by atoms with Gasteiger partial charge in [-0.1, -0.05) is 37.1 Å². The monoisotopic (exact) mass is 363 g/mol. The first-order chi connectivity index (χ1) is 12.8. The van der Waals surface area contributed by atoms with Crippen molar-refractivity contribution in [2.24, 2.45) is 20.0 Å². The van der Waals surface area contributed by atoms with Gasteiger partial charge in [-0.15, -0.1) is 0 Å². The summed E-state index contributed by atoms with van der Waals surface area (Å²) in [5.74, 6) is 1.68. The molecule has 0 aromatic carbocycles. The first-order valence-electron chi connectivity index (χ1n) is 9.96. The molecule has 0 aliphatic heterocycles. The average molecular weight is 364 g/mol. The van der Waals surface area contributed by atoms with Crippen LogP contribution in [0.1, 0.15) is 49.3 Å². The van der Waals surface area contributed by atoms with E-state index in [1.165, 1.54) is 52.5 Å². The van der Waals surface area contributed by atoms with Gasteiger partial charge in [-0.2, -0.15) is 0 Å². The molecule has 1 aliphatic carbocycles. The quantitative estimate of drug-likeness (QED) is 0.716. The van der Waals surface area contributed by atoms with Crippen LogP contribution in [-0.4, -0.2) is 4.68 Å². The van der Waals surface area contributed by atoms with Gasteiger partial charge in [-0.25, -0.2) is 4.57 Å². The van der Waals surface area contributed by atoms with Gasteiger partial charge in [-0.05, 0) is 48.6 Å². The number of nitrogens with zero attached hydrogens (tertiary/aromatic N) is 3. The van der Waals surface area contributed by atoms with Crippen molar-refractivity contribution in [2.45, 2.75) is 47.5 Å². The zero-order valence-electron chi connectivity index (χ0n) is 17.9. The van der Waals surface area contributed by atoms with Gasteiger partial charge in [0.2, 0.25) is 5.69 Å². The normalized spacial score (nSPS) is 16.9. The van der Waals surface area contributed by atoms with Crippen LogP contribution in [0.15, 0.2) is 48.1 Å². The third kappa shape index (κ3) is 3.83. The zero-order valence-corrected chi connectivity index (χ0v) is 17.9. The van der Waals surface area contributed by atoms with E-state index in [9.17, 15) is 0 Å². The molecule has 1 aliphatic rings. The van der Waals surface area contributed by atoms with Gasteiger partial charge < -0.3 is 0 Å². The Labute approximate surface area is 163 Å². The minimum Gasteiger partial charge on any atom is -0.225 e. The van der Waals surface area contributed by atoms with E-state index < -0.39 is 0 Å². The highest BCUT2D eigenvalue weighted by atomic mass is 15.4. The molecule has 0 bridgehead atoms. The van der Waals surface area contributed by atoms with Gasteiger partial charge in [-0.3, -0.25) is 0 Å². The standard InChI is InChI=1S/C24H33N3/c1-8-9-21-11-10-17(2)12-22(16-21)23-13-18(3)14-24(25(23)6)27-20(5)15-19(4)26(27)7/h10-16,21H,8-9H2,1-7H3/q+2. The number of aromatic nitrogens is 3. The summed E-state index contributed by atoms with van der Waals surface area (Å²) in [4.78, 5) is 0. The molecule has 2 aromatic heterocycles. The number of rotatable bonds is 4. The number of allylic oxidation sites excluding steroid dienone is 6. The lowest BCUT2D eigenvalue weighted by Gasteiger charge is -2.12. The summed E-state index contributed by atoms with van der Waals surface area (Å²) in [6.07, 6.45) is 11.7. The number of hydrogen-bond donors (Lipinski definition) is 0. The third-order valence-corrected chi connectivity index (χ3v) is 5.51. The van der Waals surface area contributed by atoms with Crippen molar-refractivity contribution in [1.82, 2.24) is 4.68 Å². The van der Waals surface area contributed by atoms with Crippen LogP contribution in [0.5, 0.6) is 0 Å². The largest absolute Gasteiger partial charge is 0.343 e. The zero-order chi connectivity index (χ0) is 19.7. The van der Waals surface area contributed by atoms with Gasteiger partial charge in [0.1, 0.15) is 5.69 Å². The van der Waals surface area contributed by atoms with E-state index >= 15 is 0 Å². The van der Waals surface area contributed by atoms with Crippen molar-refractivity contribution >= 4 is 5.57 Å². The molecule has 3 heteroatoms. The van der Waals surface area contributed by atoms with Crippen molar-refractivity contribution < 1.29 is 9.25 Å². The molecule has 0 saturated carbocycles. The van der Waals surface area contributed by atoms with Crippen LogP contribution in [-0.2, 0) is 14.1 Å². The van der Waals surface area contributed by atoms with E-state index in [-0.39, 0.29) is 0 Å². The molecule has 0 saturated heterocycles. The first-order valence-corrected chi connectivity index (χ1v) is 9.96. The molecule has 2 heterocycles. The Morgan fingerprint density at radius 1 is 1.04 bits per heavy atom. The molecule has 1 atom stereocenters. The SMILES string of the molecule is CCCC1C=CC(C)=CC(c2cc(C)cc(-n3c(C)cc(C)[n+]3C)[n+]2C)=C1. The molecule has 0 amide bonds. The highest BCUT2D eigenvalue weighted by Gasteiger charge is 2.27. The Hall–Kier alpha value is -2.42. The van der Waals surface area contributed by atoms with Crippen molar-refractivity contribution in [3.63, 3.8) is 0 Å². The van der Waals surface area contributed by atoms with Crippen molar-refractivity contribution in [3.05, 3.63) is 70.7 Å². The van der Waals surface area contributed by atoms with E-state index in [0.29, 0.717) is 5.92 Å². The van der Waals surface area contributed by atoms with E-state index in [4.69, 9.17) is 0 Å². The Kier molecular flexibility index (Phi) is 5.50. The Bertz CT molecular complexity index is 954. The van der Waals surface area contributed by atoms with E-state index in [1.54, 1.807) is 0 Å². The number of aryl methyl sites for hydroxylation is 3. The lowest BCUT2D eigenvalue weighted by atomic mass is 9.99. The summed E-state index contributed by atoms with van der Waals surface area (Å²) in [7, 11) is 4.30. The molecular formula is C24H33N3+2. The maximum atomic E-state index is 2.43. The fourth-order valence-electron chi connectivity index (χ4n) is 4.02. The molecule has 3 rings (SSSR count). The molecular weight excluding hydrogens is 330 g/mol. The maximum Gasteiger partial charge on any atom is 0.343 e. The molecule has 3 nitrogen and oxygen atoms in total. The van der Waals surface area contributed by atoms with E-state index in [1.807, 2.05) is 0 Å². The van der Waals surface area contributed by atoms with Crippen LogP contribution in [0, 0.1) is 26.7 Å². The molecule has 1 unspecified atom stereocenters. The predicted octanol–water partition coefficient (Wildman–Crippen LogP) is 4.37. The van der Waals surface area contributed by atoms with Gasteiger partial charge in [0.25, 0.3) is 0 Å². The molecule has 0 N–H and O–H groups in total. The average Bonchev–Trinajstić information content (AvgIpc) is 2.76. The Balaban J connectivity index is 2.20. The van der Waals surface area contributed by atoms with Gasteiger partial charge >= 0.3 is 5.82 Å². The van der Waals surface area contributed by atoms with Crippen LogP contribution in [0.25, 0.3) is 11.4 Å². The Morgan fingerprint density at radius 3 is 2.41 bits per heavy atom. The minimum absolute atomic E-state index is 0.495. The Morgan fingerprint density at radius 2 is 1.78 bits per heavy atom. The molecule has 27 heavy (non-hydrogen) atoms. The predicted molar refractivity (Wildman–Crippen MR) is 112 cm³/mol. The highest BCUT2D eigenvalue weighted by molar-refractivity contribution is 5.73. The maximum absolute atomic E-state index is 2.43. The summed E-state index contributed by atoms with van der Waals surface area (Å²) >= 11 is 0. The summed E-state index contributed by atoms with van der Waals surface area (Å²) in [6, 6.07) is 6.81. The number of hydrogen-bond acceptors (Lipinski definition) is 0. The smallest absolute Gasteiger partial charge is 0.225 e. The van der Waals surface area contributed by atoms with Crippen molar-refractivity contribution in [2.75, 3.05) is 0 Å². The van der Waals surface area contributed by atoms with Crippen LogP contribution in [0.4, 0.5) is 0 Å². The van der Waals surface area contributed by atoms with Crippen LogP contribution >= 0.6 is 0 Å². The minimum atomic E-state index is 0.495. The summed E-state index contributed by atoms with van der Waals surface area (Å²) in [5.41, 5.74) is 7.66. The second-order valence-corrected chi connectivity index (χ2v) is 7.92. The third-order valence-electron chi connectivity index (χ3n) is 5.51. The lowest BCUT2D eigenvalue weighted by Crippen LogP contribution is -2.48. The van der Waals surface area contributed by atoms with Crippen LogP contribution in [0.3, 0.4) is 0 Å². The number of pyridine rings is 1. The van der Waals surface area contributed by atoms with Gasteiger partial charge in [0.15, 0.2) is 12.7 Å². The molecule has 0 fully saturated rings. The molecule has 2 aromatic rings. The van der Waals surface area contributed by atoms with Crippen LogP contribution in [0.2, 0.25) is 0 Å². The second kappa shape index (κ2) is 7.67. The van der Waals surface area contributed by atoms with E-state index in [0.717, 1.165) is 0 Å². The molecule has 0 radical (unpaired) electrons. The van der Waals surface area contributed by atoms with Crippen molar-refractivity contribution in [3.8, 4) is 5.82 Å². The summed E-state index contributed by atoms with van der Waals surface area (Å²) in [5, 5.41) is 0. The molecule has 0 spiro atoms. The van der Waals surface area contributed by atoms with Crippen molar-refractivity contribution in [1.29, 1.82) is 0 Å². The highest BCUT2D eigenvalue weighted by Crippen LogP contribution is 2.25. The summed E-state index contributed by atoms with van der Waals surface area (Å²) < 4.78 is 6.84. The molecule has 142 valence electrons.